The van der Waals surface area contributed by atoms with Crippen LogP contribution in [0.15, 0.2) is 23.1 Å². The predicted octanol–water partition coefficient (Wildman–Crippen LogP) is 0.886. The lowest BCUT2D eigenvalue weighted by Crippen LogP contribution is -2.38. The van der Waals surface area contributed by atoms with Crippen LogP contribution in [0.3, 0.4) is 0 Å². The highest BCUT2D eigenvalue weighted by Gasteiger charge is 2.31. The molecule has 7 nitrogen and oxygen atoms in total. The normalized spacial score (nSPS) is 17.7. The summed E-state index contributed by atoms with van der Waals surface area (Å²) in [5.41, 5.74) is 0.0871. The van der Waals surface area contributed by atoms with Gasteiger partial charge in [0, 0.05) is 19.6 Å². The van der Waals surface area contributed by atoms with E-state index in [9.17, 15) is 13.2 Å². The van der Waals surface area contributed by atoms with Gasteiger partial charge >= 0.3 is 5.97 Å². The maximum atomic E-state index is 12.7. The predicted molar refractivity (Wildman–Crippen MR) is 87.8 cm³/mol. The summed E-state index contributed by atoms with van der Waals surface area (Å²) in [5, 5.41) is 3.13. The quantitative estimate of drug-likeness (QED) is 0.781. The van der Waals surface area contributed by atoms with Gasteiger partial charge < -0.3 is 14.8 Å². The molecule has 130 valence electrons. The molecule has 1 heterocycles. The summed E-state index contributed by atoms with van der Waals surface area (Å²) in [7, 11) is 0.513. The Balaban J connectivity index is 0.00000264. The molecular formula is C14H21ClN2O5S. The van der Waals surface area contributed by atoms with Gasteiger partial charge in [0.2, 0.25) is 10.0 Å². The number of halogens is 1. The van der Waals surface area contributed by atoms with Gasteiger partial charge in [-0.25, -0.2) is 13.2 Å². The highest BCUT2D eigenvalue weighted by molar-refractivity contribution is 7.89. The summed E-state index contributed by atoms with van der Waals surface area (Å²) in [5.74, 6) is -0.366. The zero-order chi connectivity index (χ0) is 16.3. The van der Waals surface area contributed by atoms with E-state index in [1.807, 2.05) is 0 Å². The lowest BCUT2D eigenvalue weighted by molar-refractivity contribution is 0.0597. The Morgan fingerprint density at radius 3 is 2.57 bits per heavy atom. The average Bonchev–Trinajstić information content (AvgIpc) is 3.06. The van der Waals surface area contributed by atoms with Crippen LogP contribution in [-0.4, -0.2) is 59.1 Å². The molecule has 1 fully saturated rings. The third-order valence-electron chi connectivity index (χ3n) is 3.80. The zero-order valence-electron chi connectivity index (χ0n) is 13.2. The van der Waals surface area contributed by atoms with Gasteiger partial charge in [0.1, 0.15) is 11.3 Å². The SMILES string of the molecule is COC(=O)c1cc(S(=O)(=O)N(C)C2CCNC2)ccc1OC.Cl. The van der Waals surface area contributed by atoms with Gasteiger partial charge in [0.15, 0.2) is 0 Å². The number of hydrogen-bond acceptors (Lipinski definition) is 6. The Kier molecular flexibility index (Phi) is 6.82. The Morgan fingerprint density at radius 1 is 1.35 bits per heavy atom. The van der Waals surface area contributed by atoms with E-state index in [-0.39, 0.29) is 34.7 Å². The molecule has 23 heavy (non-hydrogen) atoms. The molecule has 1 N–H and O–H groups in total. The van der Waals surface area contributed by atoms with Crippen LogP contribution in [0.1, 0.15) is 16.8 Å². The Bertz CT molecular complexity index is 659. The molecule has 0 amide bonds. The minimum atomic E-state index is -3.68. The molecule has 0 aliphatic carbocycles. The molecule has 1 saturated heterocycles. The number of carbonyl (C=O) groups excluding carboxylic acids is 1. The highest BCUT2D eigenvalue weighted by Crippen LogP contribution is 2.26. The van der Waals surface area contributed by atoms with Crippen molar-refractivity contribution in [2.45, 2.75) is 17.4 Å². The van der Waals surface area contributed by atoms with E-state index in [0.29, 0.717) is 6.54 Å². The first-order chi connectivity index (χ1) is 10.4. The minimum Gasteiger partial charge on any atom is -0.496 e. The molecule has 0 spiro atoms. The highest BCUT2D eigenvalue weighted by atomic mass is 35.5. The maximum Gasteiger partial charge on any atom is 0.341 e. The van der Waals surface area contributed by atoms with Crippen molar-refractivity contribution >= 4 is 28.4 Å². The second-order valence-electron chi connectivity index (χ2n) is 5.02. The van der Waals surface area contributed by atoms with Crippen LogP contribution in [0.2, 0.25) is 0 Å². The van der Waals surface area contributed by atoms with E-state index in [2.05, 4.69) is 10.1 Å². The number of hydrogen-bond donors (Lipinski definition) is 1. The van der Waals surface area contributed by atoms with Gasteiger partial charge in [-0.3, -0.25) is 0 Å². The van der Waals surface area contributed by atoms with Crippen molar-refractivity contribution in [2.75, 3.05) is 34.4 Å². The van der Waals surface area contributed by atoms with Gasteiger partial charge in [0.05, 0.1) is 19.1 Å². The standard InChI is InChI=1S/C14H20N2O5S.ClH/c1-16(10-6-7-15-9-10)22(18,19)11-4-5-13(20-2)12(8-11)14(17)21-3;/h4-5,8,10,15H,6-7,9H2,1-3H3;1H. The Morgan fingerprint density at radius 2 is 2.04 bits per heavy atom. The molecule has 2 rings (SSSR count). The van der Waals surface area contributed by atoms with Crippen LogP contribution in [0.5, 0.6) is 5.75 Å². The Hall–Kier alpha value is -1.35. The molecular weight excluding hydrogens is 344 g/mol. The van der Waals surface area contributed by atoms with Gasteiger partial charge in [-0.2, -0.15) is 4.31 Å². The second-order valence-corrected chi connectivity index (χ2v) is 7.02. The van der Waals surface area contributed by atoms with Crippen LogP contribution in [0.25, 0.3) is 0 Å². The third kappa shape index (κ3) is 3.95. The molecule has 0 saturated carbocycles. The fraction of sp³-hybridized carbons (Fsp3) is 0.500. The number of methoxy groups -OCH3 is 2. The van der Waals surface area contributed by atoms with Crippen LogP contribution in [-0.2, 0) is 14.8 Å². The first-order valence-corrected chi connectivity index (χ1v) is 8.31. The number of nitrogens with zero attached hydrogens (tertiary/aromatic N) is 1. The zero-order valence-corrected chi connectivity index (χ0v) is 14.9. The van der Waals surface area contributed by atoms with E-state index >= 15 is 0 Å². The minimum absolute atomic E-state index is 0. The average molecular weight is 365 g/mol. The topological polar surface area (TPSA) is 84.9 Å². The molecule has 1 aliphatic rings. The van der Waals surface area contributed by atoms with E-state index in [1.54, 1.807) is 7.05 Å². The van der Waals surface area contributed by atoms with E-state index in [1.165, 1.54) is 36.7 Å². The van der Waals surface area contributed by atoms with E-state index in [0.717, 1.165) is 13.0 Å². The second kappa shape index (κ2) is 7.96. The van der Waals surface area contributed by atoms with Crippen molar-refractivity contribution in [1.29, 1.82) is 0 Å². The summed E-state index contributed by atoms with van der Waals surface area (Å²) in [4.78, 5) is 11.8. The summed E-state index contributed by atoms with van der Waals surface area (Å²) in [6.07, 6.45) is 0.760. The first kappa shape index (κ1) is 19.7. The maximum absolute atomic E-state index is 12.7. The largest absolute Gasteiger partial charge is 0.496 e. The van der Waals surface area contributed by atoms with Crippen molar-refractivity contribution in [1.82, 2.24) is 9.62 Å². The monoisotopic (exact) mass is 364 g/mol. The van der Waals surface area contributed by atoms with Crippen LogP contribution >= 0.6 is 12.4 Å². The molecule has 0 bridgehead atoms. The molecule has 0 aromatic heterocycles. The molecule has 1 unspecified atom stereocenters. The Labute approximate surface area is 142 Å². The third-order valence-corrected chi connectivity index (χ3v) is 5.71. The van der Waals surface area contributed by atoms with Crippen molar-refractivity contribution in [3.63, 3.8) is 0 Å². The van der Waals surface area contributed by atoms with Crippen molar-refractivity contribution in [2.24, 2.45) is 0 Å². The molecule has 1 atom stereocenters. The van der Waals surface area contributed by atoms with Crippen LogP contribution in [0.4, 0.5) is 0 Å². The van der Waals surface area contributed by atoms with Crippen molar-refractivity contribution in [3.8, 4) is 5.75 Å². The van der Waals surface area contributed by atoms with Gasteiger partial charge in [-0.05, 0) is 31.2 Å². The summed E-state index contributed by atoms with van der Waals surface area (Å²) in [6, 6.07) is 4.09. The number of rotatable bonds is 5. The summed E-state index contributed by atoms with van der Waals surface area (Å²) >= 11 is 0. The number of nitrogens with one attached hydrogen (secondary N) is 1. The molecule has 1 aliphatic heterocycles. The summed E-state index contributed by atoms with van der Waals surface area (Å²) < 4.78 is 36.5. The fourth-order valence-electron chi connectivity index (χ4n) is 2.43. The van der Waals surface area contributed by atoms with Crippen LogP contribution in [0, 0.1) is 0 Å². The number of carbonyl (C=O) groups is 1. The number of likely N-dealkylation sites (N-methyl/N-ethyl adjacent to an activating group) is 1. The lowest BCUT2D eigenvalue weighted by Gasteiger charge is -2.23. The van der Waals surface area contributed by atoms with E-state index in [4.69, 9.17) is 4.74 Å². The molecule has 9 heteroatoms. The van der Waals surface area contributed by atoms with Crippen molar-refractivity contribution < 1.29 is 22.7 Å². The molecule has 1 aromatic rings. The molecule has 1 aromatic carbocycles. The van der Waals surface area contributed by atoms with Crippen LogP contribution < -0.4 is 10.1 Å². The number of sulfonamides is 1. The smallest absolute Gasteiger partial charge is 0.341 e. The number of benzene rings is 1. The summed E-state index contributed by atoms with van der Waals surface area (Å²) in [6.45, 7) is 1.41. The first-order valence-electron chi connectivity index (χ1n) is 6.87. The number of esters is 1. The van der Waals surface area contributed by atoms with E-state index < -0.39 is 16.0 Å². The van der Waals surface area contributed by atoms with Gasteiger partial charge in [-0.1, -0.05) is 0 Å². The fourth-order valence-corrected chi connectivity index (χ4v) is 3.84. The number of ether oxygens (including phenoxy) is 2. The van der Waals surface area contributed by atoms with Gasteiger partial charge in [-0.15, -0.1) is 12.4 Å². The lowest BCUT2D eigenvalue weighted by atomic mass is 10.2. The van der Waals surface area contributed by atoms with Crippen molar-refractivity contribution in [3.05, 3.63) is 23.8 Å². The molecule has 0 radical (unpaired) electrons. The van der Waals surface area contributed by atoms with Gasteiger partial charge in [0.25, 0.3) is 0 Å².